The van der Waals surface area contributed by atoms with Crippen LogP contribution < -0.4 is 4.31 Å². The number of nitrogens with zero attached hydrogens (tertiary/aromatic N) is 4. The molecular weight excluding hydrogens is 551 g/mol. The second-order valence-corrected chi connectivity index (χ2v) is 12.0. The lowest BCUT2D eigenvalue weighted by Gasteiger charge is -2.33. The van der Waals surface area contributed by atoms with Crippen molar-refractivity contribution in [2.24, 2.45) is 0 Å². The van der Waals surface area contributed by atoms with E-state index < -0.39 is 40.3 Å². The molecule has 12 heteroatoms. The van der Waals surface area contributed by atoms with Gasteiger partial charge in [-0.25, -0.2) is 31.9 Å². The number of rotatable bonds is 9. The second-order valence-electron chi connectivity index (χ2n) is 10.0. The first kappa shape index (κ1) is 30.2. The van der Waals surface area contributed by atoms with Crippen molar-refractivity contribution in [1.82, 2.24) is 15.0 Å². The number of benzene rings is 1. The molecule has 1 fully saturated rings. The lowest BCUT2D eigenvalue weighted by molar-refractivity contribution is -0.191. The summed E-state index contributed by atoms with van der Waals surface area (Å²) in [5.41, 5.74) is 2.59. The Morgan fingerprint density at radius 3 is 2.51 bits per heavy atom. The zero-order valence-electron chi connectivity index (χ0n) is 23.5. The molecule has 10 nitrogen and oxygen atoms in total. The van der Waals surface area contributed by atoms with Gasteiger partial charge >= 0.3 is 5.97 Å². The van der Waals surface area contributed by atoms with Crippen LogP contribution in [0.15, 0.2) is 54.9 Å². The van der Waals surface area contributed by atoms with Gasteiger partial charge in [-0.3, -0.25) is 4.98 Å². The van der Waals surface area contributed by atoms with Gasteiger partial charge in [-0.2, -0.15) is 0 Å². The maximum absolute atomic E-state index is 13.8. The summed E-state index contributed by atoms with van der Waals surface area (Å²) in [5.74, 6) is -1.01. The van der Waals surface area contributed by atoms with Gasteiger partial charge in [-0.05, 0) is 42.3 Å². The van der Waals surface area contributed by atoms with E-state index in [1.807, 2.05) is 19.9 Å². The van der Waals surface area contributed by atoms with Crippen LogP contribution in [-0.2, 0) is 24.2 Å². The summed E-state index contributed by atoms with van der Waals surface area (Å²) in [7, 11) is -0.740. The third-order valence-corrected chi connectivity index (χ3v) is 7.75. The standard InChI is InChI=1S/C29H33FN4O6S/c1-18(2)26-24(27(19-8-10-21(30)11-9-19)33-29(32-26)34(3)41(5,36)37)13-12-22-15-23(16-25(38-4)39-22)40-28(35)20-7-6-14-31-17-20/h6-14,17-18,22-23,25H,15-16H2,1-5H3/b13-12+/t22?,23-,25?/m1/s1. The minimum atomic E-state index is -3.64. The Hall–Kier alpha value is -3.74. The monoisotopic (exact) mass is 584 g/mol. The highest BCUT2D eigenvalue weighted by molar-refractivity contribution is 7.92. The predicted octanol–water partition coefficient (Wildman–Crippen LogP) is 4.59. The Kier molecular flexibility index (Phi) is 9.46. The Labute approximate surface area is 239 Å². The lowest BCUT2D eigenvalue weighted by Crippen LogP contribution is -2.38. The van der Waals surface area contributed by atoms with Crippen molar-refractivity contribution in [1.29, 1.82) is 0 Å². The molecule has 0 radical (unpaired) electrons. The zero-order chi connectivity index (χ0) is 29.7. The molecular formula is C29H33FN4O6S. The van der Waals surface area contributed by atoms with Crippen molar-refractivity contribution in [3.05, 3.63) is 77.5 Å². The molecule has 1 aliphatic rings. The third kappa shape index (κ3) is 7.51. The number of carbonyl (C=O) groups excluding carboxylic acids is 1. The molecule has 3 atom stereocenters. The van der Waals surface area contributed by atoms with Gasteiger partial charge in [-0.15, -0.1) is 0 Å². The fraction of sp³-hybridized carbons (Fsp3) is 0.379. The molecule has 218 valence electrons. The summed E-state index contributed by atoms with van der Waals surface area (Å²) in [6.07, 6.45) is 6.89. The Bertz CT molecular complexity index is 1500. The summed E-state index contributed by atoms with van der Waals surface area (Å²) in [6, 6.07) is 9.08. The van der Waals surface area contributed by atoms with Crippen LogP contribution in [-0.4, -0.2) is 68.3 Å². The molecule has 4 rings (SSSR count). The Morgan fingerprint density at radius 2 is 1.90 bits per heavy atom. The van der Waals surface area contributed by atoms with Gasteiger partial charge in [0.15, 0.2) is 6.29 Å². The highest BCUT2D eigenvalue weighted by Gasteiger charge is 2.31. The number of esters is 1. The third-order valence-electron chi connectivity index (χ3n) is 6.60. The van der Waals surface area contributed by atoms with E-state index in [1.165, 1.54) is 32.5 Å². The van der Waals surface area contributed by atoms with Crippen molar-refractivity contribution < 1.29 is 31.8 Å². The second kappa shape index (κ2) is 12.8. The van der Waals surface area contributed by atoms with Gasteiger partial charge < -0.3 is 14.2 Å². The van der Waals surface area contributed by atoms with Gasteiger partial charge in [0.2, 0.25) is 16.0 Å². The number of ether oxygens (including phenoxy) is 3. The molecule has 1 aliphatic heterocycles. The summed E-state index contributed by atoms with van der Waals surface area (Å²) < 4.78 is 56.6. The first-order valence-corrected chi connectivity index (χ1v) is 14.9. The molecule has 3 aromatic rings. The molecule has 1 aromatic carbocycles. The van der Waals surface area contributed by atoms with Crippen LogP contribution in [0.1, 0.15) is 54.2 Å². The van der Waals surface area contributed by atoms with Crippen molar-refractivity contribution in [3.8, 4) is 11.3 Å². The number of aromatic nitrogens is 3. The minimum Gasteiger partial charge on any atom is -0.458 e. The number of halogens is 1. The zero-order valence-corrected chi connectivity index (χ0v) is 24.3. The van der Waals surface area contributed by atoms with Crippen LogP contribution in [0.3, 0.4) is 0 Å². The molecule has 2 aromatic heterocycles. The summed E-state index contributed by atoms with van der Waals surface area (Å²) in [5, 5.41) is 0. The normalized spacial score (nSPS) is 19.4. The number of carbonyl (C=O) groups is 1. The van der Waals surface area contributed by atoms with Gasteiger partial charge in [0.05, 0.1) is 29.3 Å². The van der Waals surface area contributed by atoms with Crippen molar-refractivity contribution in [3.63, 3.8) is 0 Å². The Balaban J connectivity index is 1.71. The van der Waals surface area contributed by atoms with E-state index in [0.717, 1.165) is 10.6 Å². The SMILES string of the molecule is COC1C[C@H](OC(=O)c2cccnc2)CC(/C=C/c2c(-c3ccc(F)cc3)nc(N(C)S(C)(=O)=O)nc2C(C)C)O1. The largest absolute Gasteiger partial charge is 0.458 e. The van der Waals surface area contributed by atoms with Crippen LogP contribution >= 0.6 is 0 Å². The van der Waals surface area contributed by atoms with Crippen LogP contribution in [0.4, 0.5) is 10.3 Å². The number of hydrogen-bond acceptors (Lipinski definition) is 9. The number of pyridine rings is 1. The molecule has 41 heavy (non-hydrogen) atoms. The molecule has 1 saturated heterocycles. The first-order chi connectivity index (χ1) is 19.5. The average molecular weight is 585 g/mol. The van der Waals surface area contributed by atoms with Crippen molar-refractivity contribution in [2.45, 2.75) is 51.1 Å². The molecule has 0 aliphatic carbocycles. The quantitative estimate of drug-likeness (QED) is 0.333. The maximum atomic E-state index is 13.8. The number of hydrogen-bond donors (Lipinski definition) is 0. The van der Waals surface area contributed by atoms with E-state index in [4.69, 9.17) is 14.2 Å². The molecule has 0 N–H and O–H groups in total. The molecule has 3 heterocycles. The lowest BCUT2D eigenvalue weighted by atomic mass is 9.96. The maximum Gasteiger partial charge on any atom is 0.339 e. The van der Waals surface area contributed by atoms with E-state index in [1.54, 1.807) is 36.5 Å². The van der Waals surface area contributed by atoms with E-state index >= 15 is 0 Å². The summed E-state index contributed by atoms with van der Waals surface area (Å²) >= 11 is 0. The number of sulfonamides is 1. The van der Waals surface area contributed by atoms with Gasteiger partial charge in [0.25, 0.3) is 0 Å². The van der Waals surface area contributed by atoms with Crippen LogP contribution in [0, 0.1) is 5.82 Å². The topological polar surface area (TPSA) is 121 Å². The molecule has 2 unspecified atom stereocenters. The number of methoxy groups -OCH3 is 1. The summed E-state index contributed by atoms with van der Waals surface area (Å²) in [4.78, 5) is 25.8. The highest BCUT2D eigenvalue weighted by Crippen LogP contribution is 2.33. The van der Waals surface area contributed by atoms with Gasteiger partial charge in [0, 0.05) is 50.5 Å². The van der Waals surface area contributed by atoms with Crippen LogP contribution in [0.25, 0.3) is 17.3 Å². The Morgan fingerprint density at radius 1 is 1.17 bits per heavy atom. The first-order valence-electron chi connectivity index (χ1n) is 13.1. The number of anilines is 1. The average Bonchev–Trinajstić information content (AvgIpc) is 2.95. The molecule has 0 spiro atoms. The van der Waals surface area contributed by atoms with E-state index in [9.17, 15) is 17.6 Å². The van der Waals surface area contributed by atoms with E-state index in [-0.39, 0.29) is 11.9 Å². The van der Waals surface area contributed by atoms with Crippen molar-refractivity contribution in [2.75, 3.05) is 24.7 Å². The van der Waals surface area contributed by atoms with Crippen molar-refractivity contribution >= 4 is 28.0 Å². The van der Waals surface area contributed by atoms with Crippen LogP contribution in [0.2, 0.25) is 0 Å². The smallest absolute Gasteiger partial charge is 0.339 e. The molecule has 0 saturated carbocycles. The van der Waals surface area contributed by atoms with E-state index in [2.05, 4.69) is 15.0 Å². The molecule has 0 bridgehead atoms. The fourth-order valence-corrected chi connectivity index (χ4v) is 4.73. The minimum absolute atomic E-state index is 0.00316. The van der Waals surface area contributed by atoms with Gasteiger partial charge in [-0.1, -0.05) is 26.0 Å². The summed E-state index contributed by atoms with van der Waals surface area (Å²) in [6.45, 7) is 3.87. The molecule has 0 amide bonds. The van der Waals surface area contributed by atoms with Crippen LogP contribution in [0.5, 0.6) is 0 Å². The fourth-order valence-electron chi connectivity index (χ4n) is 4.35. The predicted molar refractivity (Wildman–Crippen MR) is 152 cm³/mol. The van der Waals surface area contributed by atoms with Gasteiger partial charge in [0.1, 0.15) is 11.9 Å². The van der Waals surface area contributed by atoms with E-state index in [0.29, 0.717) is 40.9 Å². The highest BCUT2D eigenvalue weighted by atomic mass is 32.2.